The van der Waals surface area contributed by atoms with Crippen molar-refractivity contribution in [3.63, 3.8) is 0 Å². The van der Waals surface area contributed by atoms with E-state index < -0.39 is 22.2 Å². The molecule has 0 unspecified atom stereocenters. The number of carbonyl (C=O) groups is 2. The number of hydrogen-bond acceptors (Lipinski definition) is 8. The summed E-state index contributed by atoms with van der Waals surface area (Å²) in [5.74, 6) is -0.781. The minimum absolute atomic E-state index is 0.00885. The number of rotatable bonds is 6. The molecule has 3 N–H and O–H groups in total. The molecule has 0 radical (unpaired) electrons. The van der Waals surface area contributed by atoms with E-state index in [1.807, 2.05) is 0 Å². The summed E-state index contributed by atoms with van der Waals surface area (Å²) in [6.07, 6.45) is 0.908. The standard InChI is InChI=1S/C13H17N5O7S/c1-17-6-8(12(19)20)7-18(17)26(22,23)16-13(21)15-10-4-9(24-2)5-11(14-10)25-3/h4-5,7H,6H2,1-3H3,(H,19,20)(H2,14,15,16,21). The number of hydrazine groups is 1. The number of aromatic nitrogens is 1. The highest BCUT2D eigenvalue weighted by atomic mass is 32.2. The SMILES string of the molecule is COc1cc(NC(=O)NS(=O)(=O)N2C=C(C(=O)O)CN2C)nc(OC)c1. The summed E-state index contributed by atoms with van der Waals surface area (Å²) in [5.41, 5.74) is -0.141. The maximum Gasteiger partial charge on any atom is 0.340 e. The number of carboxylic acid groups (broad SMARTS) is 1. The molecule has 1 aromatic rings. The highest BCUT2D eigenvalue weighted by Crippen LogP contribution is 2.22. The third-order valence-corrected chi connectivity index (χ3v) is 4.53. The second kappa shape index (κ2) is 7.45. The fraction of sp³-hybridized carbons (Fsp3) is 0.308. The Hall–Kier alpha value is -3.06. The summed E-state index contributed by atoms with van der Waals surface area (Å²) in [4.78, 5) is 26.9. The van der Waals surface area contributed by atoms with E-state index in [0.717, 1.165) is 11.2 Å². The zero-order valence-electron chi connectivity index (χ0n) is 14.1. The number of hydrogen-bond donors (Lipinski definition) is 3. The van der Waals surface area contributed by atoms with Gasteiger partial charge in [-0.05, 0) is 0 Å². The molecule has 0 fully saturated rings. The first-order valence-electron chi connectivity index (χ1n) is 7.04. The normalized spacial score (nSPS) is 14.6. The van der Waals surface area contributed by atoms with Crippen LogP contribution in [0.4, 0.5) is 10.6 Å². The van der Waals surface area contributed by atoms with Gasteiger partial charge in [0.15, 0.2) is 0 Å². The van der Waals surface area contributed by atoms with Crippen molar-refractivity contribution in [1.29, 1.82) is 0 Å². The van der Waals surface area contributed by atoms with Crippen molar-refractivity contribution < 1.29 is 32.6 Å². The van der Waals surface area contributed by atoms with Gasteiger partial charge in [-0.25, -0.2) is 19.3 Å². The number of urea groups is 1. The molecular formula is C13H17N5O7S. The fourth-order valence-electron chi connectivity index (χ4n) is 2.04. The molecule has 2 rings (SSSR count). The van der Waals surface area contributed by atoms with E-state index in [9.17, 15) is 18.0 Å². The zero-order chi connectivity index (χ0) is 19.5. The Labute approximate surface area is 149 Å². The zero-order valence-corrected chi connectivity index (χ0v) is 14.9. The monoisotopic (exact) mass is 387 g/mol. The predicted octanol–water partition coefficient (Wildman–Crippen LogP) is -0.404. The molecule has 1 aromatic heterocycles. The van der Waals surface area contributed by atoms with Gasteiger partial charge < -0.3 is 14.6 Å². The summed E-state index contributed by atoms with van der Waals surface area (Å²) in [6, 6.07) is 1.73. The van der Waals surface area contributed by atoms with Gasteiger partial charge in [0.2, 0.25) is 5.88 Å². The summed E-state index contributed by atoms with van der Waals surface area (Å²) in [7, 11) is -0.232. The smallest absolute Gasteiger partial charge is 0.340 e. The lowest BCUT2D eigenvalue weighted by Gasteiger charge is -2.24. The van der Waals surface area contributed by atoms with Gasteiger partial charge in [-0.2, -0.15) is 17.8 Å². The lowest BCUT2D eigenvalue weighted by Crippen LogP contribution is -2.47. The van der Waals surface area contributed by atoms with Crippen molar-refractivity contribution in [3.8, 4) is 11.6 Å². The molecule has 2 amide bonds. The van der Waals surface area contributed by atoms with Gasteiger partial charge in [0, 0.05) is 25.4 Å². The molecule has 0 saturated carbocycles. The lowest BCUT2D eigenvalue weighted by atomic mass is 10.3. The van der Waals surface area contributed by atoms with E-state index in [4.69, 9.17) is 14.6 Å². The van der Waals surface area contributed by atoms with Crippen molar-refractivity contribution in [2.75, 3.05) is 33.1 Å². The highest BCUT2D eigenvalue weighted by molar-refractivity contribution is 7.87. The van der Waals surface area contributed by atoms with Crippen LogP contribution in [0, 0.1) is 0 Å². The van der Waals surface area contributed by atoms with Gasteiger partial charge >= 0.3 is 22.2 Å². The van der Waals surface area contributed by atoms with E-state index in [2.05, 4.69) is 10.3 Å². The quantitative estimate of drug-likeness (QED) is 0.592. The third-order valence-electron chi connectivity index (χ3n) is 3.21. The van der Waals surface area contributed by atoms with Crippen LogP contribution in [0.2, 0.25) is 0 Å². The average Bonchev–Trinajstić information content (AvgIpc) is 2.96. The van der Waals surface area contributed by atoms with Crippen molar-refractivity contribution in [2.45, 2.75) is 0 Å². The van der Waals surface area contributed by atoms with E-state index in [0.29, 0.717) is 10.2 Å². The van der Waals surface area contributed by atoms with Crippen LogP contribution in [0.25, 0.3) is 0 Å². The van der Waals surface area contributed by atoms with Crippen LogP contribution < -0.4 is 19.5 Å². The Morgan fingerprint density at radius 1 is 1.27 bits per heavy atom. The van der Waals surface area contributed by atoms with Gasteiger partial charge in [0.05, 0.1) is 26.3 Å². The molecule has 1 aliphatic heterocycles. The molecule has 2 heterocycles. The molecule has 1 aliphatic rings. The van der Waals surface area contributed by atoms with Crippen molar-refractivity contribution in [1.82, 2.24) is 19.1 Å². The Bertz CT molecular complexity index is 832. The Morgan fingerprint density at radius 2 is 1.96 bits per heavy atom. The largest absolute Gasteiger partial charge is 0.496 e. The Kier molecular flexibility index (Phi) is 5.52. The van der Waals surface area contributed by atoms with Crippen LogP contribution in [0.15, 0.2) is 23.9 Å². The molecule has 26 heavy (non-hydrogen) atoms. The molecule has 0 aliphatic carbocycles. The minimum atomic E-state index is -4.36. The molecule has 13 heteroatoms. The second-order valence-electron chi connectivity index (χ2n) is 5.04. The maximum atomic E-state index is 12.3. The first-order valence-corrected chi connectivity index (χ1v) is 8.48. The maximum absolute atomic E-state index is 12.3. The van der Waals surface area contributed by atoms with Crippen LogP contribution in [-0.2, 0) is 15.0 Å². The molecule has 0 bridgehead atoms. The molecule has 0 spiro atoms. The van der Waals surface area contributed by atoms with Crippen molar-refractivity contribution >= 4 is 28.0 Å². The number of carbonyl (C=O) groups excluding carboxylic acids is 1. The number of nitrogens with zero attached hydrogens (tertiary/aromatic N) is 3. The number of carboxylic acids is 1. The number of anilines is 1. The van der Waals surface area contributed by atoms with E-state index in [1.165, 1.54) is 33.4 Å². The van der Waals surface area contributed by atoms with Crippen LogP contribution in [0.3, 0.4) is 0 Å². The van der Waals surface area contributed by atoms with E-state index >= 15 is 0 Å². The average molecular weight is 387 g/mol. The van der Waals surface area contributed by atoms with Gasteiger partial charge in [-0.1, -0.05) is 0 Å². The van der Waals surface area contributed by atoms with Crippen LogP contribution >= 0.6 is 0 Å². The number of methoxy groups -OCH3 is 2. The number of ether oxygens (including phenoxy) is 2. The van der Waals surface area contributed by atoms with Crippen molar-refractivity contribution in [3.05, 3.63) is 23.9 Å². The van der Waals surface area contributed by atoms with Gasteiger partial charge in [0.25, 0.3) is 0 Å². The van der Waals surface area contributed by atoms with Crippen molar-refractivity contribution in [2.24, 2.45) is 0 Å². The fourth-order valence-corrected chi connectivity index (χ4v) is 3.11. The molecule has 12 nitrogen and oxygen atoms in total. The van der Waals surface area contributed by atoms with Crippen LogP contribution in [0.5, 0.6) is 11.6 Å². The van der Waals surface area contributed by atoms with Crippen LogP contribution in [-0.4, -0.2) is 67.7 Å². The molecule has 142 valence electrons. The second-order valence-corrected chi connectivity index (χ2v) is 6.57. The summed E-state index contributed by atoms with van der Waals surface area (Å²) >= 11 is 0. The first kappa shape index (κ1) is 19.3. The van der Waals surface area contributed by atoms with Crippen LogP contribution in [0.1, 0.15) is 0 Å². The van der Waals surface area contributed by atoms with Gasteiger partial charge in [0.1, 0.15) is 11.6 Å². The molecule has 0 aromatic carbocycles. The highest BCUT2D eigenvalue weighted by Gasteiger charge is 2.32. The van der Waals surface area contributed by atoms with E-state index in [1.54, 1.807) is 4.72 Å². The molecule has 0 saturated heterocycles. The van der Waals surface area contributed by atoms with E-state index in [-0.39, 0.29) is 23.8 Å². The van der Waals surface area contributed by atoms with Gasteiger partial charge in [-0.15, -0.1) is 0 Å². The Balaban J connectivity index is 2.13. The number of aliphatic carboxylic acids is 1. The summed E-state index contributed by atoms with van der Waals surface area (Å²) in [5, 5.41) is 12.3. The molecule has 0 atom stereocenters. The lowest BCUT2D eigenvalue weighted by molar-refractivity contribution is -0.132. The number of amides is 2. The molecular weight excluding hydrogens is 370 g/mol. The number of pyridine rings is 1. The summed E-state index contributed by atoms with van der Waals surface area (Å²) in [6.45, 7) is -0.132. The van der Waals surface area contributed by atoms with Gasteiger partial charge in [-0.3, -0.25) is 5.32 Å². The number of likely N-dealkylation sites (N-methyl/N-ethyl adjacent to an activating group) is 1. The predicted molar refractivity (Wildman–Crippen MR) is 88.6 cm³/mol. The first-order chi connectivity index (χ1) is 12.2. The minimum Gasteiger partial charge on any atom is -0.496 e. The third kappa shape index (κ3) is 4.31. The number of nitrogens with one attached hydrogen (secondary N) is 2. The topological polar surface area (TPSA) is 150 Å². The Morgan fingerprint density at radius 3 is 2.50 bits per heavy atom. The summed E-state index contributed by atoms with van der Waals surface area (Å²) < 4.78 is 36.9.